The minimum Gasteiger partial charge on any atom is -0.481 e. The van der Waals surface area contributed by atoms with Gasteiger partial charge in [0.15, 0.2) is 0 Å². The van der Waals surface area contributed by atoms with Gasteiger partial charge in [-0.05, 0) is 59.3 Å². The second-order valence-electron chi connectivity index (χ2n) is 7.88. The molecule has 3 atom stereocenters. The number of hydrogen-bond acceptors (Lipinski definition) is 4. The molecule has 0 aromatic rings. The number of carboxylic acids is 1. The van der Waals surface area contributed by atoms with Crippen LogP contribution in [0.1, 0.15) is 59.3 Å². The quantitative estimate of drug-likeness (QED) is 0.171. The second kappa shape index (κ2) is 15.7. The molecular formula is C22H42NO5+. The summed E-state index contributed by atoms with van der Waals surface area (Å²) in [6, 6.07) is 0. The molecule has 0 saturated heterocycles. The molecule has 0 spiro atoms. The number of nitrogens with zero attached hydrogens (tertiary/aromatic N) is 1. The van der Waals surface area contributed by atoms with Crippen LogP contribution in [0.2, 0.25) is 0 Å². The molecule has 0 aliphatic carbocycles. The first-order valence-electron chi connectivity index (χ1n) is 10.6. The van der Waals surface area contributed by atoms with Crippen LogP contribution >= 0.6 is 0 Å². The molecule has 0 heterocycles. The largest absolute Gasteiger partial charge is 0.481 e. The molecule has 3 unspecified atom stereocenters. The highest BCUT2D eigenvalue weighted by Gasteiger charge is 2.35. The first kappa shape index (κ1) is 26.8. The van der Waals surface area contributed by atoms with Gasteiger partial charge in [0, 0.05) is 0 Å². The van der Waals surface area contributed by atoms with E-state index in [2.05, 4.69) is 12.2 Å². The lowest BCUT2D eigenvalue weighted by molar-refractivity contribution is -0.935. The number of rotatable bonds is 17. The van der Waals surface area contributed by atoms with Crippen molar-refractivity contribution in [2.75, 3.05) is 32.8 Å². The number of carboxylic acid groups (broad SMARTS) is 1. The van der Waals surface area contributed by atoms with Crippen LogP contribution < -0.4 is 0 Å². The molecule has 4 N–H and O–H groups in total. The van der Waals surface area contributed by atoms with Gasteiger partial charge in [-0.15, -0.1) is 0 Å². The fourth-order valence-electron chi connectivity index (χ4n) is 3.72. The summed E-state index contributed by atoms with van der Waals surface area (Å²) in [6.07, 6.45) is 11.6. The van der Waals surface area contributed by atoms with Crippen LogP contribution in [-0.2, 0) is 4.79 Å². The molecule has 6 heteroatoms. The van der Waals surface area contributed by atoms with Gasteiger partial charge >= 0.3 is 5.97 Å². The Morgan fingerprint density at radius 2 is 1.39 bits per heavy atom. The predicted molar refractivity (Wildman–Crippen MR) is 113 cm³/mol. The van der Waals surface area contributed by atoms with E-state index in [0.29, 0.717) is 32.5 Å². The highest BCUT2D eigenvalue weighted by Crippen LogP contribution is 2.19. The molecule has 0 aliphatic rings. The number of unbranched alkanes of at least 4 members (excludes halogenated alkanes) is 2. The SMILES string of the molecule is C/C=C/CCCC(O)C[N+](CCO)(CC(O)CCC/C=C/C)CC(C)C(=O)O. The third kappa shape index (κ3) is 12.3. The molecular weight excluding hydrogens is 358 g/mol. The van der Waals surface area contributed by atoms with E-state index in [1.54, 1.807) is 6.92 Å². The Labute approximate surface area is 170 Å². The summed E-state index contributed by atoms with van der Waals surface area (Å²) in [5.41, 5.74) is 0. The summed E-state index contributed by atoms with van der Waals surface area (Å²) in [5.74, 6) is -1.51. The number of quaternary nitrogens is 1. The lowest BCUT2D eigenvalue weighted by atomic mass is 10.0. The van der Waals surface area contributed by atoms with Crippen molar-refractivity contribution < 1.29 is 29.7 Å². The van der Waals surface area contributed by atoms with Crippen LogP contribution in [0.15, 0.2) is 24.3 Å². The van der Waals surface area contributed by atoms with Crippen LogP contribution in [0.3, 0.4) is 0 Å². The first-order chi connectivity index (χ1) is 13.3. The van der Waals surface area contributed by atoms with Crippen molar-refractivity contribution in [3.05, 3.63) is 24.3 Å². The monoisotopic (exact) mass is 400 g/mol. The van der Waals surface area contributed by atoms with Gasteiger partial charge in [-0.25, -0.2) is 0 Å². The number of hydrogen-bond donors (Lipinski definition) is 4. The van der Waals surface area contributed by atoms with E-state index in [1.807, 2.05) is 26.0 Å². The van der Waals surface area contributed by atoms with Crippen LogP contribution in [0.4, 0.5) is 0 Å². The Balaban J connectivity index is 5.13. The van der Waals surface area contributed by atoms with E-state index in [9.17, 15) is 25.2 Å². The third-order valence-corrected chi connectivity index (χ3v) is 5.14. The average Bonchev–Trinajstić information content (AvgIpc) is 2.62. The molecule has 0 aromatic carbocycles. The van der Waals surface area contributed by atoms with Gasteiger partial charge in [0.2, 0.25) is 0 Å². The molecule has 0 amide bonds. The highest BCUT2D eigenvalue weighted by molar-refractivity contribution is 5.69. The van der Waals surface area contributed by atoms with Gasteiger partial charge in [0.1, 0.15) is 37.8 Å². The van der Waals surface area contributed by atoms with E-state index >= 15 is 0 Å². The normalized spacial score (nSPS) is 17.6. The third-order valence-electron chi connectivity index (χ3n) is 5.14. The van der Waals surface area contributed by atoms with Crippen molar-refractivity contribution in [3.8, 4) is 0 Å². The van der Waals surface area contributed by atoms with Crippen molar-refractivity contribution in [2.24, 2.45) is 5.92 Å². The summed E-state index contributed by atoms with van der Waals surface area (Å²) in [5, 5.41) is 40.1. The molecule has 164 valence electrons. The first-order valence-corrected chi connectivity index (χ1v) is 10.6. The summed E-state index contributed by atoms with van der Waals surface area (Å²) >= 11 is 0. The molecule has 0 aromatic heterocycles. The van der Waals surface area contributed by atoms with Crippen LogP contribution in [0, 0.1) is 5.92 Å². The average molecular weight is 401 g/mol. The van der Waals surface area contributed by atoms with Crippen molar-refractivity contribution in [3.63, 3.8) is 0 Å². The highest BCUT2D eigenvalue weighted by atomic mass is 16.4. The van der Waals surface area contributed by atoms with Crippen molar-refractivity contribution in [1.82, 2.24) is 0 Å². The van der Waals surface area contributed by atoms with E-state index in [1.165, 1.54) is 0 Å². The molecule has 6 nitrogen and oxygen atoms in total. The number of aliphatic carboxylic acids is 1. The lowest BCUT2D eigenvalue weighted by Crippen LogP contribution is -2.59. The molecule has 0 saturated carbocycles. The Morgan fingerprint density at radius 3 is 1.75 bits per heavy atom. The Kier molecular flexibility index (Phi) is 15.0. The van der Waals surface area contributed by atoms with Crippen LogP contribution in [0.25, 0.3) is 0 Å². The van der Waals surface area contributed by atoms with Crippen LogP contribution in [0.5, 0.6) is 0 Å². The Bertz CT molecular complexity index is 438. The maximum absolute atomic E-state index is 11.4. The van der Waals surface area contributed by atoms with Gasteiger partial charge in [-0.3, -0.25) is 4.79 Å². The number of allylic oxidation sites excluding steroid dienone is 4. The topological polar surface area (TPSA) is 98.0 Å². The fraction of sp³-hybridized carbons (Fsp3) is 0.773. The molecule has 28 heavy (non-hydrogen) atoms. The van der Waals surface area contributed by atoms with Crippen LogP contribution in [-0.4, -0.2) is 75.9 Å². The number of carbonyl (C=O) groups is 1. The van der Waals surface area contributed by atoms with E-state index in [0.717, 1.165) is 25.7 Å². The van der Waals surface area contributed by atoms with Gasteiger partial charge < -0.3 is 24.9 Å². The molecule has 0 bridgehead atoms. The summed E-state index contributed by atoms with van der Waals surface area (Å²) in [4.78, 5) is 11.4. The lowest BCUT2D eigenvalue weighted by Gasteiger charge is -2.42. The van der Waals surface area contributed by atoms with Crippen molar-refractivity contribution >= 4 is 5.97 Å². The minimum absolute atomic E-state index is 0.108. The fourth-order valence-corrected chi connectivity index (χ4v) is 3.72. The zero-order chi connectivity index (χ0) is 21.4. The van der Waals surface area contributed by atoms with Gasteiger partial charge in [0.05, 0.1) is 13.2 Å². The van der Waals surface area contributed by atoms with Crippen molar-refractivity contribution in [1.29, 1.82) is 0 Å². The number of aliphatic hydroxyl groups is 3. The summed E-state index contributed by atoms with van der Waals surface area (Å²) < 4.78 is 0.222. The molecule has 0 fully saturated rings. The Hall–Kier alpha value is -1.21. The molecule has 0 aliphatic heterocycles. The summed E-state index contributed by atoms with van der Waals surface area (Å²) in [6.45, 7) is 6.77. The second-order valence-corrected chi connectivity index (χ2v) is 7.88. The maximum atomic E-state index is 11.4. The zero-order valence-corrected chi connectivity index (χ0v) is 18.0. The zero-order valence-electron chi connectivity index (χ0n) is 18.0. The van der Waals surface area contributed by atoms with Gasteiger partial charge in [0.25, 0.3) is 0 Å². The molecule has 0 radical (unpaired) electrons. The summed E-state index contributed by atoms with van der Waals surface area (Å²) in [7, 11) is 0. The van der Waals surface area contributed by atoms with E-state index in [4.69, 9.17) is 0 Å². The Morgan fingerprint density at radius 1 is 0.929 bits per heavy atom. The van der Waals surface area contributed by atoms with Crippen molar-refractivity contribution in [2.45, 2.75) is 71.5 Å². The maximum Gasteiger partial charge on any atom is 0.311 e. The van der Waals surface area contributed by atoms with E-state index < -0.39 is 24.1 Å². The molecule has 0 rings (SSSR count). The van der Waals surface area contributed by atoms with E-state index in [-0.39, 0.29) is 17.6 Å². The number of aliphatic hydroxyl groups excluding tert-OH is 3. The van der Waals surface area contributed by atoms with Gasteiger partial charge in [-0.2, -0.15) is 0 Å². The smallest absolute Gasteiger partial charge is 0.311 e. The van der Waals surface area contributed by atoms with Gasteiger partial charge in [-0.1, -0.05) is 24.3 Å². The predicted octanol–water partition coefficient (Wildman–Crippen LogP) is 2.73. The standard InChI is InChI=1S/C22H41NO5/c1-4-6-8-10-12-20(25)17-23(14-15-24,16-19(3)22(27)28)18-21(26)13-11-9-7-5-2/h4-7,19-21,24-26H,8-18H2,1-3H3/p+1/b6-4+,7-5+. The minimum atomic E-state index is -0.898.